The quantitative estimate of drug-likeness (QED) is 0.669. The molecular weight excluding hydrogens is 256 g/mol. The average molecular weight is 269 g/mol. The average Bonchev–Trinajstić information content (AvgIpc) is 2.47. The molecule has 0 aromatic heterocycles. The summed E-state index contributed by atoms with van der Waals surface area (Å²) in [6, 6.07) is 17.3. The first kappa shape index (κ1) is 13.8. The summed E-state index contributed by atoms with van der Waals surface area (Å²) in [7, 11) is 0. The molecule has 2 aromatic rings. The summed E-state index contributed by atoms with van der Waals surface area (Å²) < 4.78 is 5.05. The Balaban J connectivity index is 2.07. The fourth-order valence-corrected chi connectivity index (χ4v) is 1.73. The topological polar surface area (TPSA) is 63.6 Å². The third-order valence-corrected chi connectivity index (χ3v) is 2.69. The van der Waals surface area contributed by atoms with Gasteiger partial charge in [-0.2, -0.15) is 0 Å². The van der Waals surface area contributed by atoms with Crippen molar-refractivity contribution in [2.75, 3.05) is 0 Å². The molecule has 4 nitrogen and oxygen atoms in total. The van der Waals surface area contributed by atoms with Crippen molar-refractivity contribution in [3.8, 4) is 0 Å². The number of hydrogen-bond donors (Lipinski definition) is 1. The van der Waals surface area contributed by atoms with Gasteiger partial charge in [-0.3, -0.25) is 9.59 Å². The van der Waals surface area contributed by atoms with Crippen LogP contribution in [0.2, 0.25) is 0 Å². The fourth-order valence-electron chi connectivity index (χ4n) is 1.73. The number of benzene rings is 2. The van der Waals surface area contributed by atoms with E-state index in [4.69, 9.17) is 9.84 Å². The summed E-state index contributed by atoms with van der Waals surface area (Å²) in [5, 5.41) is 9.16. The van der Waals surface area contributed by atoms with Crippen molar-refractivity contribution in [1.82, 2.24) is 0 Å². The molecule has 2 aromatic carbocycles. The van der Waals surface area contributed by atoms with Gasteiger partial charge in [0.05, 0.1) is 0 Å². The monoisotopic (exact) mass is 269 g/mol. The van der Waals surface area contributed by atoms with Crippen molar-refractivity contribution < 1.29 is 19.4 Å². The smallest absolute Gasteiger partial charge is 0.330 e. The molecule has 4 heteroatoms. The van der Waals surface area contributed by atoms with Crippen molar-refractivity contribution in [2.45, 2.75) is 6.61 Å². The Morgan fingerprint density at radius 2 is 1.45 bits per heavy atom. The van der Waals surface area contributed by atoms with Crippen LogP contribution in [0.25, 0.3) is 0 Å². The first-order valence-corrected chi connectivity index (χ1v) is 6.05. The van der Waals surface area contributed by atoms with Gasteiger partial charge in [0.2, 0.25) is 5.92 Å². The van der Waals surface area contributed by atoms with Crippen molar-refractivity contribution in [1.29, 1.82) is 0 Å². The van der Waals surface area contributed by atoms with Crippen LogP contribution in [0, 0.1) is 5.92 Å². The van der Waals surface area contributed by atoms with E-state index in [0.29, 0.717) is 5.56 Å². The number of carboxylic acids is 1. The van der Waals surface area contributed by atoms with E-state index in [-0.39, 0.29) is 12.5 Å². The van der Waals surface area contributed by atoms with Gasteiger partial charge < -0.3 is 9.84 Å². The summed E-state index contributed by atoms with van der Waals surface area (Å²) in [5.41, 5.74) is 1.14. The van der Waals surface area contributed by atoms with Gasteiger partial charge in [-0.25, -0.2) is 0 Å². The van der Waals surface area contributed by atoms with E-state index in [2.05, 4.69) is 0 Å². The highest BCUT2D eigenvalue weighted by Crippen LogP contribution is 2.17. The van der Waals surface area contributed by atoms with Gasteiger partial charge in [-0.15, -0.1) is 0 Å². The van der Waals surface area contributed by atoms with Gasteiger partial charge >= 0.3 is 11.9 Å². The Kier molecular flexibility index (Phi) is 4.50. The van der Waals surface area contributed by atoms with Crippen molar-refractivity contribution in [2.24, 2.45) is 0 Å². The van der Waals surface area contributed by atoms with Crippen LogP contribution in [-0.4, -0.2) is 17.0 Å². The molecule has 101 valence electrons. The van der Waals surface area contributed by atoms with Gasteiger partial charge in [0, 0.05) is 0 Å². The minimum Gasteiger partial charge on any atom is -0.480 e. The van der Waals surface area contributed by atoms with Crippen LogP contribution in [0.3, 0.4) is 0 Å². The molecule has 0 heterocycles. The Morgan fingerprint density at radius 3 is 2.00 bits per heavy atom. The molecule has 1 N–H and O–H groups in total. The first-order chi connectivity index (χ1) is 9.68. The number of ether oxygens (including phenoxy) is 1. The summed E-state index contributed by atoms with van der Waals surface area (Å²) in [4.78, 5) is 23.1. The van der Waals surface area contributed by atoms with E-state index in [1.807, 2.05) is 18.2 Å². The van der Waals surface area contributed by atoms with Crippen molar-refractivity contribution in [3.63, 3.8) is 0 Å². The lowest BCUT2D eigenvalue weighted by molar-refractivity contribution is -0.148. The summed E-state index contributed by atoms with van der Waals surface area (Å²) in [5.74, 6) is -2.50. The van der Waals surface area contributed by atoms with Crippen LogP contribution in [0.15, 0.2) is 60.7 Å². The van der Waals surface area contributed by atoms with Crippen molar-refractivity contribution >= 4 is 11.9 Å². The Morgan fingerprint density at radius 1 is 0.900 bits per heavy atom. The third kappa shape index (κ3) is 3.45. The van der Waals surface area contributed by atoms with Gasteiger partial charge in [0.1, 0.15) is 6.61 Å². The second-order valence-electron chi connectivity index (χ2n) is 4.11. The van der Waals surface area contributed by atoms with Gasteiger partial charge in [-0.05, 0) is 11.1 Å². The molecule has 0 spiro atoms. The van der Waals surface area contributed by atoms with Gasteiger partial charge in [-0.1, -0.05) is 60.7 Å². The predicted octanol–water partition coefficient (Wildman–Crippen LogP) is 2.44. The molecule has 0 unspecified atom stereocenters. The Bertz CT molecular complexity index is 578. The zero-order chi connectivity index (χ0) is 14.4. The number of rotatable bonds is 5. The van der Waals surface area contributed by atoms with E-state index in [1.54, 1.807) is 42.5 Å². The molecule has 0 aliphatic rings. The largest absolute Gasteiger partial charge is 0.480 e. The van der Waals surface area contributed by atoms with E-state index in [0.717, 1.165) is 5.56 Å². The molecule has 0 bridgehead atoms. The Hall–Kier alpha value is -2.62. The van der Waals surface area contributed by atoms with E-state index >= 15 is 0 Å². The minimum absolute atomic E-state index is 0.0449. The van der Waals surface area contributed by atoms with Crippen LogP contribution in [0.5, 0.6) is 0 Å². The normalized spacial score (nSPS) is 10.2. The molecule has 0 fully saturated rings. The molecule has 0 saturated carbocycles. The van der Waals surface area contributed by atoms with Crippen molar-refractivity contribution in [3.05, 3.63) is 77.7 Å². The maximum Gasteiger partial charge on any atom is 0.330 e. The second-order valence-corrected chi connectivity index (χ2v) is 4.11. The number of carboxylic acid groups (broad SMARTS) is 1. The molecule has 0 aliphatic heterocycles. The van der Waals surface area contributed by atoms with Crippen LogP contribution in [-0.2, 0) is 20.9 Å². The lowest BCUT2D eigenvalue weighted by Gasteiger charge is -2.11. The summed E-state index contributed by atoms with van der Waals surface area (Å²) >= 11 is 0. The number of carbonyl (C=O) groups is 2. The minimum atomic E-state index is -1.30. The third-order valence-electron chi connectivity index (χ3n) is 2.69. The highest BCUT2D eigenvalue weighted by molar-refractivity contribution is 6.13. The number of aliphatic carboxylic acids is 1. The predicted molar refractivity (Wildman–Crippen MR) is 72.7 cm³/mol. The van der Waals surface area contributed by atoms with Crippen LogP contribution < -0.4 is 0 Å². The standard InChI is InChI=1S/C16H13O4/c17-15(18)14(13-9-5-2-6-10-13)16(19)20-11-12-7-3-1-4-8-12/h1-10H,11H2,(H,17,18). The molecule has 2 rings (SSSR count). The molecule has 20 heavy (non-hydrogen) atoms. The number of carbonyl (C=O) groups excluding carboxylic acids is 1. The lowest BCUT2D eigenvalue weighted by atomic mass is 10.00. The lowest BCUT2D eigenvalue weighted by Crippen LogP contribution is -2.24. The van der Waals surface area contributed by atoms with Crippen LogP contribution >= 0.6 is 0 Å². The molecule has 0 saturated heterocycles. The second kappa shape index (κ2) is 6.52. The number of esters is 1. The van der Waals surface area contributed by atoms with Crippen LogP contribution in [0.4, 0.5) is 0 Å². The molecule has 0 aliphatic carbocycles. The van der Waals surface area contributed by atoms with E-state index in [1.165, 1.54) is 0 Å². The molecule has 1 radical (unpaired) electrons. The SMILES string of the molecule is O=C(O)[C](C(=O)OCc1ccccc1)c1ccccc1. The molecule has 0 amide bonds. The molecular formula is C16H13O4. The maximum atomic E-state index is 11.9. The molecule has 0 atom stereocenters. The number of hydrogen-bond acceptors (Lipinski definition) is 3. The van der Waals surface area contributed by atoms with E-state index < -0.39 is 11.9 Å². The van der Waals surface area contributed by atoms with E-state index in [9.17, 15) is 9.59 Å². The highest BCUT2D eigenvalue weighted by Gasteiger charge is 2.31. The zero-order valence-electron chi connectivity index (χ0n) is 10.7. The van der Waals surface area contributed by atoms with Crippen LogP contribution in [0.1, 0.15) is 11.1 Å². The zero-order valence-corrected chi connectivity index (χ0v) is 10.7. The highest BCUT2D eigenvalue weighted by atomic mass is 16.5. The van der Waals surface area contributed by atoms with Gasteiger partial charge in [0.15, 0.2) is 0 Å². The van der Waals surface area contributed by atoms with Gasteiger partial charge in [0.25, 0.3) is 0 Å². The summed E-state index contributed by atoms with van der Waals surface area (Å²) in [6.07, 6.45) is 0. The Labute approximate surface area is 116 Å². The fraction of sp³-hybridized carbons (Fsp3) is 0.0625. The summed E-state index contributed by atoms with van der Waals surface area (Å²) in [6.45, 7) is 0.0449. The maximum absolute atomic E-state index is 11.9. The first-order valence-electron chi connectivity index (χ1n) is 6.05.